The van der Waals surface area contributed by atoms with Gasteiger partial charge in [0.2, 0.25) is 5.91 Å². The summed E-state index contributed by atoms with van der Waals surface area (Å²) in [7, 11) is 2.97. The number of carbonyl (C=O) groups excluding carboxylic acids is 2. The van der Waals surface area contributed by atoms with Gasteiger partial charge in [-0.3, -0.25) is 9.59 Å². The second-order valence-corrected chi connectivity index (χ2v) is 9.69. The van der Waals surface area contributed by atoms with Gasteiger partial charge in [-0.05, 0) is 37.8 Å². The van der Waals surface area contributed by atoms with Crippen molar-refractivity contribution in [2.45, 2.75) is 58.7 Å². The van der Waals surface area contributed by atoms with Crippen LogP contribution < -0.4 is 20.9 Å². The van der Waals surface area contributed by atoms with Crippen molar-refractivity contribution in [2.75, 3.05) is 7.11 Å². The van der Waals surface area contributed by atoms with Crippen LogP contribution in [0.2, 0.25) is 0 Å². The highest BCUT2D eigenvalue weighted by Crippen LogP contribution is 2.25. The summed E-state index contributed by atoms with van der Waals surface area (Å²) in [5, 5.41) is 18.7. The number of carboxylic acid groups (broad SMARTS) is 1. The van der Waals surface area contributed by atoms with Crippen molar-refractivity contribution < 1.29 is 29.0 Å². The Labute approximate surface area is 209 Å². The molecule has 11 nitrogen and oxygen atoms in total. The zero-order valence-corrected chi connectivity index (χ0v) is 21.6. The number of benzene rings is 1. The highest BCUT2D eigenvalue weighted by atomic mass is 16.6. The summed E-state index contributed by atoms with van der Waals surface area (Å²) in [5.41, 5.74) is 0.448. The minimum absolute atomic E-state index is 0.00983. The monoisotopic (exact) mass is 502 g/mol. The molecule has 1 unspecified atom stereocenters. The van der Waals surface area contributed by atoms with Crippen molar-refractivity contribution in [1.29, 1.82) is 0 Å². The van der Waals surface area contributed by atoms with Crippen molar-refractivity contribution in [3.8, 4) is 16.9 Å². The molecule has 0 bridgehead atoms. The first-order valence-corrected chi connectivity index (χ1v) is 11.5. The van der Waals surface area contributed by atoms with Gasteiger partial charge in [0, 0.05) is 13.5 Å². The van der Waals surface area contributed by atoms with E-state index in [1.165, 1.54) is 25.0 Å². The van der Waals surface area contributed by atoms with Crippen LogP contribution >= 0.6 is 0 Å². The predicted molar refractivity (Wildman–Crippen MR) is 133 cm³/mol. The van der Waals surface area contributed by atoms with Crippen molar-refractivity contribution in [3.63, 3.8) is 0 Å². The number of alkyl carbamates (subject to hydrolysis) is 1. The molecule has 2 atom stereocenters. The SMILES string of the molecule is COc1cnn(C)c(=O)c1-c1ccc(C[C@@H](NC(=O)C(NC(=O)OC(C)(C)C)C(C)C)C(=O)O)cc1. The van der Waals surface area contributed by atoms with Gasteiger partial charge >= 0.3 is 12.1 Å². The molecule has 0 saturated heterocycles. The maximum absolute atomic E-state index is 12.9. The van der Waals surface area contributed by atoms with E-state index in [9.17, 15) is 24.3 Å². The molecule has 196 valence electrons. The smallest absolute Gasteiger partial charge is 0.408 e. The highest BCUT2D eigenvalue weighted by Gasteiger charge is 2.30. The quantitative estimate of drug-likeness (QED) is 0.472. The van der Waals surface area contributed by atoms with Crippen LogP contribution in [0, 0.1) is 5.92 Å². The van der Waals surface area contributed by atoms with Crippen LogP contribution in [-0.2, 0) is 27.8 Å². The summed E-state index contributed by atoms with van der Waals surface area (Å²) in [5.74, 6) is -1.86. The fraction of sp³-hybridized carbons (Fsp3) is 0.480. The fourth-order valence-corrected chi connectivity index (χ4v) is 3.42. The fourth-order valence-electron chi connectivity index (χ4n) is 3.42. The van der Waals surface area contributed by atoms with Crippen molar-refractivity contribution >= 4 is 18.0 Å². The van der Waals surface area contributed by atoms with E-state index in [0.717, 1.165) is 0 Å². The van der Waals surface area contributed by atoms with Gasteiger partial charge in [-0.1, -0.05) is 38.1 Å². The van der Waals surface area contributed by atoms with E-state index in [1.807, 2.05) is 0 Å². The Hall–Kier alpha value is -3.89. The molecule has 0 aliphatic rings. The summed E-state index contributed by atoms with van der Waals surface area (Å²) in [6.45, 7) is 8.56. The van der Waals surface area contributed by atoms with Crippen LogP contribution in [0.3, 0.4) is 0 Å². The summed E-state index contributed by atoms with van der Waals surface area (Å²) < 4.78 is 11.7. The molecule has 36 heavy (non-hydrogen) atoms. The van der Waals surface area contributed by atoms with E-state index >= 15 is 0 Å². The van der Waals surface area contributed by atoms with Crippen LogP contribution in [0.1, 0.15) is 40.2 Å². The Morgan fingerprint density at radius 2 is 1.72 bits per heavy atom. The first-order chi connectivity index (χ1) is 16.7. The normalized spacial score (nSPS) is 13.0. The van der Waals surface area contributed by atoms with Gasteiger partial charge in [-0.25, -0.2) is 14.3 Å². The molecule has 2 amide bonds. The van der Waals surface area contributed by atoms with E-state index in [2.05, 4.69) is 15.7 Å². The third-order valence-electron chi connectivity index (χ3n) is 5.24. The minimum atomic E-state index is -1.24. The second kappa shape index (κ2) is 11.7. The highest BCUT2D eigenvalue weighted by molar-refractivity contribution is 5.89. The molecule has 3 N–H and O–H groups in total. The zero-order chi connectivity index (χ0) is 27.2. The predicted octanol–water partition coefficient (Wildman–Crippen LogP) is 2.12. The Kier molecular flexibility index (Phi) is 9.21. The number of rotatable bonds is 9. The second-order valence-electron chi connectivity index (χ2n) is 9.69. The molecule has 0 aliphatic carbocycles. The summed E-state index contributed by atoms with van der Waals surface area (Å²) in [6.07, 6.45) is 0.665. The summed E-state index contributed by atoms with van der Waals surface area (Å²) in [6, 6.07) is 4.48. The van der Waals surface area contributed by atoms with Gasteiger partial charge in [0.25, 0.3) is 5.56 Å². The number of nitrogens with zero attached hydrogens (tertiary/aromatic N) is 2. The van der Waals surface area contributed by atoms with Crippen LogP contribution in [-0.4, -0.2) is 57.7 Å². The van der Waals surface area contributed by atoms with Crippen LogP contribution in [0.4, 0.5) is 4.79 Å². The number of aliphatic carboxylic acids is 1. The standard InChI is InChI=1S/C25H34N4O7/c1-14(2)20(28-24(34)36-25(3,4)5)21(30)27-17(23(32)33)12-15-8-10-16(11-9-15)19-18(35-7)13-26-29(6)22(19)31/h8-11,13-14,17,20H,12H2,1-7H3,(H,27,30)(H,28,34)(H,32,33)/t17-,20?/m1/s1. The lowest BCUT2D eigenvalue weighted by Gasteiger charge is -2.26. The largest absolute Gasteiger partial charge is 0.494 e. The topological polar surface area (TPSA) is 149 Å². The van der Waals surface area contributed by atoms with E-state index in [1.54, 1.807) is 58.9 Å². The number of amides is 2. The van der Waals surface area contributed by atoms with Gasteiger partial charge in [0.15, 0.2) is 5.75 Å². The Morgan fingerprint density at radius 3 is 2.22 bits per heavy atom. The lowest BCUT2D eigenvalue weighted by Crippen LogP contribution is -2.54. The maximum Gasteiger partial charge on any atom is 0.408 e. The average molecular weight is 503 g/mol. The molecule has 0 aliphatic heterocycles. The Balaban J connectivity index is 2.19. The molecule has 0 fully saturated rings. The molecular formula is C25H34N4O7. The van der Waals surface area contributed by atoms with Crippen molar-refractivity contribution in [3.05, 3.63) is 46.4 Å². The molecule has 0 spiro atoms. The third kappa shape index (κ3) is 7.56. The van der Waals surface area contributed by atoms with Crippen molar-refractivity contribution in [2.24, 2.45) is 13.0 Å². The van der Waals surface area contributed by atoms with E-state index in [-0.39, 0.29) is 17.9 Å². The number of ether oxygens (including phenoxy) is 2. The molecule has 1 aromatic heterocycles. The van der Waals surface area contributed by atoms with Crippen LogP contribution in [0.5, 0.6) is 5.75 Å². The number of aromatic nitrogens is 2. The van der Waals surface area contributed by atoms with Gasteiger partial charge < -0.3 is 25.2 Å². The average Bonchev–Trinajstić information content (AvgIpc) is 2.77. The lowest BCUT2D eigenvalue weighted by molar-refractivity contribution is -0.142. The Morgan fingerprint density at radius 1 is 1.11 bits per heavy atom. The van der Waals surface area contributed by atoms with Gasteiger partial charge in [-0.15, -0.1) is 0 Å². The molecule has 2 aromatic rings. The Bertz CT molecular complexity index is 1150. The van der Waals surface area contributed by atoms with Gasteiger partial charge in [0.1, 0.15) is 17.7 Å². The first-order valence-electron chi connectivity index (χ1n) is 11.5. The zero-order valence-electron chi connectivity index (χ0n) is 21.6. The number of nitrogens with one attached hydrogen (secondary N) is 2. The molecule has 0 radical (unpaired) electrons. The molecule has 11 heteroatoms. The summed E-state index contributed by atoms with van der Waals surface area (Å²) in [4.78, 5) is 49.5. The van der Waals surface area contributed by atoms with E-state index in [4.69, 9.17) is 9.47 Å². The summed E-state index contributed by atoms with van der Waals surface area (Å²) >= 11 is 0. The molecule has 2 rings (SSSR count). The van der Waals surface area contributed by atoms with E-state index < -0.39 is 35.7 Å². The minimum Gasteiger partial charge on any atom is -0.494 e. The molecule has 1 heterocycles. The lowest BCUT2D eigenvalue weighted by atomic mass is 9.99. The van der Waals surface area contributed by atoms with Gasteiger partial charge in [-0.2, -0.15) is 5.10 Å². The van der Waals surface area contributed by atoms with Crippen LogP contribution in [0.15, 0.2) is 35.3 Å². The molecule has 1 aromatic carbocycles. The first kappa shape index (κ1) is 28.3. The third-order valence-corrected chi connectivity index (χ3v) is 5.24. The maximum atomic E-state index is 12.9. The number of aryl methyl sites for hydroxylation is 1. The van der Waals surface area contributed by atoms with E-state index in [0.29, 0.717) is 22.4 Å². The number of hydrogen-bond donors (Lipinski definition) is 3. The number of hydrogen-bond acceptors (Lipinski definition) is 7. The van der Waals surface area contributed by atoms with Gasteiger partial charge in [0.05, 0.1) is 18.9 Å². The van der Waals surface area contributed by atoms with Crippen LogP contribution in [0.25, 0.3) is 11.1 Å². The number of carbonyl (C=O) groups is 3. The molecular weight excluding hydrogens is 468 g/mol. The van der Waals surface area contributed by atoms with Crippen molar-refractivity contribution in [1.82, 2.24) is 20.4 Å². The number of carboxylic acids is 1. The molecule has 0 saturated carbocycles. The number of methoxy groups -OCH3 is 1.